The highest BCUT2D eigenvalue weighted by Crippen LogP contribution is 2.34. The average Bonchev–Trinajstić information content (AvgIpc) is 2.97. The Labute approximate surface area is 242 Å². The molecule has 224 valence electrons. The summed E-state index contributed by atoms with van der Waals surface area (Å²) in [6.07, 6.45) is 12.6. The minimum absolute atomic E-state index is 0.0143. The number of likely N-dealkylation sites (tertiary alicyclic amines) is 1. The van der Waals surface area contributed by atoms with Gasteiger partial charge in [-0.1, -0.05) is 76.3 Å². The number of amides is 4. The van der Waals surface area contributed by atoms with Gasteiger partial charge in [0.1, 0.15) is 11.6 Å². The molecule has 1 atom stereocenters. The fraction of sp³-hybridized carbons (Fsp3) is 0.719. The van der Waals surface area contributed by atoms with E-state index < -0.39 is 11.6 Å². The number of piperazine rings is 1. The molecule has 1 aromatic carbocycles. The van der Waals surface area contributed by atoms with Gasteiger partial charge in [0.25, 0.3) is 0 Å². The number of urea groups is 1. The summed E-state index contributed by atoms with van der Waals surface area (Å²) in [5.74, 6) is 0.0734. The van der Waals surface area contributed by atoms with Gasteiger partial charge < -0.3 is 25.8 Å². The van der Waals surface area contributed by atoms with E-state index >= 15 is 0 Å². The lowest BCUT2D eigenvalue weighted by Crippen LogP contribution is -2.72. The Hall–Kier alpha value is -2.61. The average molecular weight is 556 g/mol. The van der Waals surface area contributed by atoms with Crippen molar-refractivity contribution in [3.05, 3.63) is 35.9 Å². The lowest BCUT2D eigenvalue weighted by Gasteiger charge is -2.51. The van der Waals surface area contributed by atoms with Gasteiger partial charge in [0.2, 0.25) is 11.8 Å². The van der Waals surface area contributed by atoms with Crippen LogP contribution in [0.25, 0.3) is 0 Å². The summed E-state index contributed by atoms with van der Waals surface area (Å²) in [4.78, 5) is 43.4. The Morgan fingerprint density at radius 1 is 0.875 bits per heavy atom. The van der Waals surface area contributed by atoms with Crippen molar-refractivity contribution in [2.24, 2.45) is 0 Å². The van der Waals surface area contributed by atoms with Crippen LogP contribution in [0.15, 0.2) is 30.3 Å². The van der Waals surface area contributed by atoms with Crippen molar-refractivity contribution in [3.8, 4) is 0 Å². The molecule has 2 saturated heterocycles. The van der Waals surface area contributed by atoms with E-state index in [0.717, 1.165) is 58.2 Å². The number of benzene rings is 1. The molecule has 0 bridgehead atoms. The van der Waals surface area contributed by atoms with Crippen LogP contribution in [0.4, 0.5) is 4.79 Å². The van der Waals surface area contributed by atoms with Gasteiger partial charge >= 0.3 is 6.03 Å². The number of rotatable bonds is 17. The predicted octanol–water partition coefficient (Wildman–Crippen LogP) is 4.63. The van der Waals surface area contributed by atoms with E-state index in [2.05, 4.69) is 59.0 Å². The fourth-order valence-corrected chi connectivity index (χ4v) is 6.04. The van der Waals surface area contributed by atoms with Crippen molar-refractivity contribution < 1.29 is 14.4 Å². The second kappa shape index (κ2) is 17.3. The van der Waals surface area contributed by atoms with Crippen molar-refractivity contribution in [1.82, 2.24) is 25.8 Å². The van der Waals surface area contributed by atoms with Crippen LogP contribution in [0.1, 0.15) is 96.5 Å². The first-order chi connectivity index (χ1) is 19.5. The first kappa shape index (κ1) is 31.9. The highest BCUT2D eigenvalue weighted by atomic mass is 16.2. The highest BCUT2D eigenvalue weighted by Gasteiger charge is 2.52. The third kappa shape index (κ3) is 9.50. The summed E-state index contributed by atoms with van der Waals surface area (Å²) in [6.45, 7) is 8.80. The molecule has 0 aromatic heterocycles. The first-order valence-corrected chi connectivity index (χ1v) is 15.9. The third-order valence-corrected chi connectivity index (χ3v) is 8.52. The summed E-state index contributed by atoms with van der Waals surface area (Å²) in [5, 5.41) is 8.93. The normalized spacial score (nSPS) is 19.1. The van der Waals surface area contributed by atoms with E-state index in [1.807, 2.05) is 11.0 Å². The predicted molar refractivity (Wildman–Crippen MR) is 161 cm³/mol. The Bertz CT molecular complexity index is 901. The van der Waals surface area contributed by atoms with Gasteiger partial charge in [-0.15, -0.1) is 0 Å². The molecule has 0 saturated carbocycles. The van der Waals surface area contributed by atoms with Gasteiger partial charge in [-0.05, 0) is 56.9 Å². The third-order valence-electron chi connectivity index (χ3n) is 8.52. The quantitative estimate of drug-likeness (QED) is 0.244. The number of unbranched alkanes of at least 4 members (excludes halogenated alkanes) is 6. The Morgan fingerprint density at radius 3 is 2.20 bits per heavy atom. The topological polar surface area (TPSA) is 93.8 Å². The molecular weight excluding hydrogens is 502 g/mol. The van der Waals surface area contributed by atoms with Crippen LogP contribution in [0, 0.1) is 0 Å². The molecule has 40 heavy (non-hydrogen) atoms. The maximum Gasteiger partial charge on any atom is 0.314 e. The number of nitrogens with zero attached hydrogens (tertiary/aromatic N) is 2. The van der Waals surface area contributed by atoms with E-state index in [9.17, 15) is 14.4 Å². The van der Waals surface area contributed by atoms with Crippen molar-refractivity contribution in [1.29, 1.82) is 0 Å². The molecule has 8 heteroatoms. The van der Waals surface area contributed by atoms with Gasteiger partial charge in [0, 0.05) is 39.3 Å². The van der Waals surface area contributed by atoms with Crippen LogP contribution in [-0.2, 0) is 16.0 Å². The lowest BCUT2D eigenvalue weighted by molar-refractivity contribution is -0.161. The number of piperidine rings is 1. The second-order valence-corrected chi connectivity index (χ2v) is 11.6. The van der Waals surface area contributed by atoms with Crippen LogP contribution in [0.5, 0.6) is 0 Å². The Kier molecular flexibility index (Phi) is 13.8. The number of hydrogen-bond donors (Lipinski definition) is 3. The summed E-state index contributed by atoms with van der Waals surface area (Å²) in [7, 11) is 0. The van der Waals surface area contributed by atoms with E-state index in [1.165, 1.54) is 31.2 Å². The largest absolute Gasteiger partial charge is 0.342 e. The van der Waals surface area contributed by atoms with E-state index in [-0.39, 0.29) is 17.8 Å². The summed E-state index contributed by atoms with van der Waals surface area (Å²) in [5.41, 5.74) is 0.607. The minimum Gasteiger partial charge on any atom is -0.342 e. The van der Waals surface area contributed by atoms with Crippen molar-refractivity contribution in [3.63, 3.8) is 0 Å². The van der Waals surface area contributed by atoms with Crippen LogP contribution in [0.3, 0.4) is 0 Å². The van der Waals surface area contributed by atoms with E-state index in [0.29, 0.717) is 38.9 Å². The molecule has 4 amide bonds. The highest BCUT2D eigenvalue weighted by molar-refractivity contribution is 6.00. The Balaban J connectivity index is 1.37. The Morgan fingerprint density at radius 2 is 1.52 bits per heavy atom. The minimum atomic E-state index is -0.720. The number of hydrogen-bond acceptors (Lipinski definition) is 4. The molecule has 2 fully saturated rings. The van der Waals surface area contributed by atoms with Gasteiger partial charge in [0.05, 0.1) is 0 Å². The summed E-state index contributed by atoms with van der Waals surface area (Å²) in [6, 6.07) is 9.90. The summed E-state index contributed by atoms with van der Waals surface area (Å²) < 4.78 is 0. The molecule has 2 aliphatic heterocycles. The van der Waals surface area contributed by atoms with Gasteiger partial charge in [-0.25, -0.2) is 4.79 Å². The number of nitrogens with one attached hydrogen (secondary N) is 3. The van der Waals surface area contributed by atoms with Crippen LogP contribution >= 0.6 is 0 Å². The maximum atomic E-state index is 13.5. The lowest BCUT2D eigenvalue weighted by atomic mass is 9.81. The van der Waals surface area contributed by atoms with Gasteiger partial charge in [0.15, 0.2) is 0 Å². The van der Waals surface area contributed by atoms with Crippen molar-refractivity contribution in [2.75, 3.05) is 39.3 Å². The molecule has 3 rings (SSSR count). The van der Waals surface area contributed by atoms with Crippen LogP contribution in [-0.4, -0.2) is 78.5 Å². The van der Waals surface area contributed by atoms with E-state index in [1.54, 1.807) is 0 Å². The standard InChI is InChI=1S/C32H53N5O3/c1-3-5-6-7-8-13-21-33-31(40)34-22-14-12-17-28-29(38)37(23-4-2)32(30(39)35-28)19-25-36(26-20-32)24-18-27-15-10-9-11-16-27/h9-11,15-16,28H,3-8,12-14,17-26H2,1-2H3,(H,35,39)(H2,33,34,40)/t28-/m0/s1. The number of carbonyl (C=O) groups excluding carboxylic acids is 3. The van der Waals surface area contributed by atoms with Crippen molar-refractivity contribution >= 4 is 17.8 Å². The first-order valence-electron chi connectivity index (χ1n) is 15.9. The monoisotopic (exact) mass is 555 g/mol. The second-order valence-electron chi connectivity index (χ2n) is 11.6. The SMILES string of the molecule is CCCCCCCCNC(=O)NCCCC[C@@H]1NC(=O)C2(CCN(CCc3ccccc3)CC2)N(CCC)C1=O. The molecule has 0 unspecified atom stereocenters. The zero-order valence-corrected chi connectivity index (χ0v) is 25.0. The zero-order chi connectivity index (χ0) is 28.6. The molecule has 2 heterocycles. The molecule has 0 aliphatic carbocycles. The maximum absolute atomic E-state index is 13.5. The van der Waals surface area contributed by atoms with Crippen LogP contribution < -0.4 is 16.0 Å². The molecule has 8 nitrogen and oxygen atoms in total. The molecule has 0 radical (unpaired) electrons. The molecule has 3 N–H and O–H groups in total. The number of carbonyl (C=O) groups is 3. The van der Waals surface area contributed by atoms with Crippen molar-refractivity contribution in [2.45, 2.75) is 109 Å². The summed E-state index contributed by atoms with van der Waals surface area (Å²) >= 11 is 0. The van der Waals surface area contributed by atoms with Crippen LogP contribution in [0.2, 0.25) is 0 Å². The fourth-order valence-electron chi connectivity index (χ4n) is 6.04. The van der Waals surface area contributed by atoms with Gasteiger partial charge in [-0.2, -0.15) is 0 Å². The molecule has 2 aliphatic rings. The molecule has 1 aromatic rings. The molecule has 1 spiro atoms. The van der Waals surface area contributed by atoms with Gasteiger partial charge in [-0.3, -0.25) is 9.59 Å². The smallest absolute Gasteiger partial charge is 0.314 e. The zero-order valence-electron chi connectivity index (χ0n) is 25.0. The molecular formula is C32H53N5O3. The van der Waals surface area contributed by atoms with E-state index in [4.69, 9.17) is 0 Å².